The number of rotatable bonds is 4. The molecule has 0 spiro atoms. The molecule has 0 fully saturated rings. The lowest BCUT2D eigenvalue weighted by atomic mass is 10.1. The fourth-order valence-corrected chi connectivity index (χ4v) is 2.85. The van der Waals surface area contributed by atoms with Crippen LogP contribution in [0.25, 0.3) is 0 Å². The average molecular weight is 382 g/mol. The van der Waals surface area contributed by atoms with Crippen molar-refractivity contribution in [2.75, 3.05) is 5.32 Å². The Balaban J connectivity index is 1.67. The van der Waals surface area contributed by atoms with E-state index in [0.29, 0.717) is 10.6 Å². The molecule has 1 amide bonds. The molecule has 0 unspecified atom stereocenters. The quantitative estimate of drug-likeness (QED) is 0.548. The predicted molar refractivity (Wildman–Crippen MR) is 86.3 cm³/mol. The number of halogens is 4. The number of pyridine rings is 1. The maximum Gasteiger partial charge on any atom is 0.416 e. The molecule has 2 aromatic heterocycles. The van der Waals surface area contributed by atoms with Crippen molar-refractivity contribution in [2.24, 2.45) is 0 Å². The molecule has 3 rings (SSSR count). The van der Waals surface area contributed by atoms with E-state index in [4.69, 9.17) is 0 Å². The van der Waals surface area contributed by atoms with Crippen molar-refractivity contribution >= 4 is 22.4 Å². The SMILES string of the molecule is O=C(Nc1nnc(Cc2ccc(C(F)(F)F)cc2)s1)c1cccnc1F. The molecule has 26 heavy (non-hydrogen) atoms. The second kappa shape index (κ2) is 7.16. The van der Waals surface area contributed by atoms with E-state index in [1.807, 2.05) is 0 Å². The number of amides is 1. The topological polar surface area (TPSA) is 67.8 Å². The summed E-state index contributed by atoms with van der Waals surface area (Å²) in [5, 5.41) is 10.7. The maximum atomic E-state index is 13.5. The molecule has 0 atom stereocenters. The standard InChI is InChI=1S/C16H10F4N4OS/c17-13-11(2-1-7-21-13)14(25)22-15-24-23-12(26-15)8-9-3-5-10(6-4-9)16(18,19)20/h1-7H,8H2,(H,22,24,25). The average Bonchev–Trinajstić information content (AvgIpc) is 3.01. The van der Waals surface area contributed by atoms with Crippen molar-refractivity contribution in [1.29, 1.82) is 0 Å². The van der Waals surface area contributed by atoms with E-state index in [1.54, 1.807) is 0 Å². The van der Waals surface area contributed by atoms with Crippen molar-refractivity contribution in [3.63, 3.8) is 0 Å². The number of carbonyl (C=O) groups is 1. The molecule has 0 aliphatic heterocycles. The van der Waals surface area contributed by atoms with E-state index in [2.05, 4.69) is 20.5 Å². The summed E-state index contributed by atoms with van der Waals surface area (Å²) in [6.45, 7) is 0. The Hall–Kier alpha value is -2.88. The lowest BCUT2D eigenvalue weighted by molar-refractivity contribution is -0.137. The molecule has 2 heterocycles. The van der Waals surface area contributed by atoms with Gasteiger partial charge < -0.3 is 0 Å². The number of benzene rings is 1. The van der Waals surface area contributed by atoms with Gasteiger partial charge in [-0.1, -0.05) is 23.5 Å². The molecule has 134 valence electrons. The first-order valence-corrected chi connectivity index (χ1v) is 8.05. The van der Waals surface area contributed by atoms with Gasteiger partial charge in [0, 0.05) is 12.6 Å². The van der Waals surface area contributed by atoms with Crippen LogP contribution in [0.3, 0.4) is 0 Å². The van der Waals surface area contributed by atoms with Crippen LogP contribution in [0.15, 0.2) is 42.6 Å². The first-order chi connectivity index (χ1) is 12.3. The summed E-state index contributed by atoms with van der Waals surface area (Å²) in [7, 11) is 0. The third-order valence-corrected chi connectivity index (χ3v) is 4.17. The third-order valence-electron chi connectivity index (χ3n) is 3.33. The van der Waals surface area contributed by atoms with Crippen LogP contribution in [-0.4, -0.2) is 21.1 Å². The van der Waals surface area contributed by atoms with Gasteiger partial charge in [0.1, 0.15) is 5.01 Å². The van der Waals surface area contributed by atoms with Crippen LogP contribution in [0.5, 0.6) is 0 Å². The summed E-state index contributed by atoms with van der Waals surface area (Å²) in [5.41, 5.74) is -0.345. The number of hydrogen-bond donors (Lipinski definition) is 1. The molecule has 1 aromatic carbocycles. The van der Waals surface area contributed by atoms with Gasteiger partial charge in [-0.3, -0.25) is 10.1 Å². The summed E-state index contributed by atoms with van der Waals surface area (Å²) in [6, 6.07) is 7.39. The van der Waals surface area contributed by atoms with Gasteiger partial charge in [0.2, 0.25) is 11.1 Å². The molecule has 10 heteroatoms. The monoisotopic (exact) mass is 382 g/mol. The number of nitrogens with zero attached hydrogens (tertiary/aromatic N) is 3. The minimum absolute atomic E-state index is 0.153. The number of hydrogen-bond acceptors (Lipinski definition) is 5. The number of aromatic nitrogens is 3. The molecule has 1 N–H and O–H groups in total. The van der Waals surface area contributed by atoms with Crippen LogP contribution in [0.1, 0.15) is 26.5 Å². The number of nitrogens with one attached hydrogen (secondary N) is 1. The van der Waals surface area contributed by atoms with Gasteiger partial charge in [-0.15, -0.1) is 10.2 Å². The predicted octanol–water partition coefficient (Wildman–Crippen LogP) is 3.93. The first-order valence-electron chi connectivity index (χ1n) is 7.23. The molecule has 0 radical (unpaired) electrons. The van der Waals surface area contributed by atoms with Crippen LogP contribution in [0.4, 0.5) is 22.7 Å². The van der Waals surface area contributed by atoms with Crippen molar-refractivity contribution in [2.45, 2.75) is 12.6 Å². The lowest BCUT2D eigenvalue weighted by Gasteiger charge is -2.06. The fraction of sp³-hybridized carbons (Fsp3) is 0.125. The van der Waals surface area contributed by atoms with E-state index in [1.165, 1.54) is 30.5 Å². The second-order valence-corrected chi connectivity index (χ2v) is 6.23. The van der Waals surface area contributed by atoms with Gasteiger partial charge in [0.15, 0.2) is 0 Å². The zero-order valence-electron chi connectivity index (χ0n) is 12.9. The zero-order valence-corrected chi connectivity index (χ0v) is 13.7. The highest BCUT2D eigenvalue weighted by atomic mass is 32.1. The summed E-state index contributed by atoms with van der Waals surface area (Å²) in [6.07, 6.45) is -2.91. The summed E-state index contributed by atoms with van der Waals surface area (Å²) in [4.78, 5) is 15.4. The van der Waals surface area contributed by atoms with E-state index < -0.39 is 23.6 Å². The van der Waals surface area contributed by atoms with Gasteiger partial charge in [-0.05, 0) is 29.8 Å². The minimum atomic E-state index is -4.39. The number of anilines is 1. The van der Waals surface area contributed by atoms with Crippen LogP contribution in [0, 0.1) is 5.95 Å². The van der Waals surface area contributed by atoms with Gasteiger partial charge in [0.05, 0.1) is 11.1 Å². The Bertz CT molecular complexity index is 924. The lowest BCUT2D eigenvalue weighted by Crippen LogP contribution is -2.14. The molecular weight excluding hydrogens is 372 g/mol. The van der Waals surface area contributed by atoms with Gasteiger partial charge in [0.25, 0.3) is 5.91 Å². The van der Waals surface area contributed by atoms with E-state index in [0.717, 1.165) is 23.5 Å². The first kappa shape index (κ1) is 17.9. The van der Waals surface area contributed by atoms with E-state index in [9.17, 15) is 22.4 Å². The van der Waals surface area contributed by atoms with Crippen LogP contribution in [0.2, 0.25) is 0 Å². The van der Waals surface area contributed by atoms with E-state index >= 15 is 0 Å². The van der Waals surface area contributed by atoms with Crippen molar-refractivity contribution in [3.8, 4) is 0 Å². The van der Waals surface area contributed by atoms with Crippen molar-refractivity contribution < 1.29 is 22.4 Å². The third kappa shape index (κ3) is 4.20. The molecule has 5 nitrogen and oxygen atoms in total. The number of alkyl halides is 3. The Labute approximate surface area is 148 Å². The van der Waals surface area contributed by atoms with Crippen LogP contribution >= 0.6 is 11.3 Å². The largest absolute Gasteiger partial charge is 0.416 e. The number of carbonyl (C=O) groups excluding carboxylic acids is 1. The van der Waals surface area contributed by atoms with E-state index in [-0.39, 0.29) is 17.1 Å². The molecule has 0 saturated carbocycles. The molecule has 0 saturated heterocycles. The maximum absolute atomic E-state index is 13.5. The van der Waals surface area contributed by atoms with Gasteiger partial charge >= 0.3 is 6.18 Å². The highest BCUT2D eigenvalue weighted by Crippen LogP contribution is 2.29. The van der Waals surface area contributed by atoms with Crippen LogP contribution < -0.4 is 5.32 Å². The summed E-state index contributed by atoms with van der Waals surface area (Å²) >= 11 is 1.05. The second-order valence-electron chi connectivity index (χ2n) is 5.17. The smallest absolute Gasteiger partial charge is 0.296 e. The summed E-state index contributed by atoms with van der Waals surface area (Å²) in [5.74, 6) is -1.62. The normalized spacial score (nSPS) is 11.4. The zero-order chi connectivity index (χ0) is 18.7. The van der Waals surface area contributed by atoms with Crippen LogP contribution in [-0.2, 0) is 12.6 Å². The van der Waals surface area contributed by atoms with Gasteiger partial charge in [-0.25, -0.2) is 4.98 Å². The van der Waals surface area contributed by atoms with Crippen molar-refractivity contribution in [1.82, 2.24) is 15.2 Å². The molecule has 0 aliphatic rings. The van der Waals surface area contributed by atoms with Gasteiger partial charge in [-0.2, -0.15) is 17.6 Å². The highest BCUT2D eigenvalue weighted by Gasteiger charge is 2.29. The van der Waals surface area contributed by atoms with Crippen molar-refractivity contribution in [3.05, 3.63) is 70.2 Å². The summed E-state index contributed by atoms with van der Waals surface area (Å²) < 4.78 is 51.1. The Morgan fingerprint density at radius 3 is 2.50 bits per heavy atom. The molecule has 3 aromatic rings. The highest BCUT2D eigenvalue weighted by molar-refractivity contribution is 7.15. The Kier molecular flexibility index (Phi) is 4.94. The molecule has 0 bridgehead atoms. The Morgan fingerprint density at radius 2 is 1.85 bits per heavy atom. The fourth-order valence-electron chi connectivity index (χ4n) is 2.08. The Morgan fingerprint density at radius 1 is 1.12 bits per heavy atom. The molecule has 0 aliphatic carbocycles. The molecular formula is C16H10F4N4OS. The minimum Gasteiger partial charge on any atom is -0.296 e.